The molecule has 0 saturated heterocycles. The summed E-state index contributed by atoms with van der Waals surface area (Å²) < 4.78 is 83.4. The molecule has 0 saturated carbocycles. The Morgan fingerprint density at radius 3 is 0.777 bits per heavy atom. The molecule has 22 heteroatoms. The molecule has 0 atom stereocenters. The summed E-state index contributed by atoms with van der Waals surface area (Å²) >= 11 is 0. The number of aliphatic carboxylic acids is 1. The van der Waals surface area contributed by atoms with Gasteiger partial charge in [-0.05, 0) is 42.4 Å². The zero-order valence-corrected chi connectivity index (χ0v) is 62.6. The van der Waals surface area contributed by atoms with Crippen LogP contribution >= 0.6 is 0 Å². The standard InChI is InChI=1S/C81H131NO21/c83-76(84)42-46-89-48-50-91-52-54-93-56-58-95-60-62-97-64-66-99-68-69-100-67-65-98-63-61-96-59-57-94-55-53-92-51-49-90-47-45-82-79(87)81(80(88)103-72-75-38-28-23-29-39-75,43-32-19-15-11-7-3-1-5-9-13-17-30-40-77(85)101-70-73-34-24-21-25-35-73)44-33-20-16-12-8-4-2-6-10-14-18-31-41-78(86)102-71-74-36-26-22-27-37-74/h21-29,34-39H,1-20,30-33,40-72H2,(H,82,87)(H,83,84). The highest BCUT2D eigenvalue weighted by atomic mass is 16.6. The van der Waals surface area contributed by atoms with Crippen molar-refractivity contribution in [1.29, 1.82) is 0 Å². The summed E-state index contributed by atoms with van der Waals surface area (Å²) in [5, 5.41) is 11.7. The van der Waals surface area contributed by atoms with Crippen molar-refractivity contribution in [3.63, 3.8) is 0 Å². The van der Waals surface area contributed by atoms with E-state index in [9.17, 15) is 24.0 Å². The lowest BCUT2D eigenvalue weighted by Crippen LogP contribution is -2.48. The van der Waals surface area contributed by atoms with Crippen molar-refractivity contribution in [2.75, 3.05) is 165 Å². The molecule has 22 nitrogen and oxygen atoms in total. The van der Waals surface area contributed by atoms with Crippen molar-refractivity contribution in [3.8, 4) is 0 Å². The molecule has 0 aliphatic rings. The number of nitrogens with one attached hydrogen (secondary N) is 1. The highest BCUT2D eigenvalue weighted by Gasteiger charge is 2.46. The molecule has 103 heavy (non-hydrogen) atoms. The maximum Gasteiger partial charge on any atom is 0.321 e. The van der Waals surface area contributed by atoms with E-state index in [0.717, 1.165) is 119 Å². The number of ether oxygens (including phenoxy) is 15. The number of carboxylic acid groups (broad SMARTS) is 1. The third-order valence-electron chi connectivity index (χ3n) is 17.1. The fourth-order valence-corrected chi connectivity index (χ4v) is 11.1. The van der Waals surface area contributed by atoms with Gasteiger partial charge < -0.3 is 81.5 Å². The quantitative estimate of drug-likeness (QED) is 0.0230. The van der Waals surface area contributed by atoms with E-state index in [1.165, 1.54) is 51.4 Å². The number of amides is 1. The van der Waals surface area contributed by atoms with E-state index < -0.39 is 17.4 Å². The molecule has 0 spiro atoms. The van der Waals surface area contributed by atoms with Gasteiger partial charge in [-0.1, -0.05) is 232 Å². The molecule has 2 N–H and O–H groups in total. The molecular formula is C81H131NO21. The molecule has 0 heterocycles. The number of esters is 3. The average molecular weight is 1450 g/mol. The molecule has 0 fully saturated rings. The molecule has 0 aliphatic heterocycles. The second-order valence-corrected chi connectivity index (χ2v) is 25.7. The van der Waals surface area contributed by atoms with Crippen LogP contribution in [0.5, 0.6) is 0 Å². The van der Waals surface area contributed by atoms with Crippen LogP contribution in [-0.2, 0) is 115 Å². The van der Waals surface area contributed by atoms with Gasteiger partial charge in [0.05, 0.1) is 165 Å². The monoisotopic (exact) mass is 1450 g/mol. The lowest BCUT2D eigenvalue weighted by Gasteiger charge is -2.31. The highest BCUT2D eigenvalue weighted by Crippen LogP contribution is 2.35. The number of carbonyl (C=O) groups excluding carboxylic acids is 4. The SMILES string of the molecule is O=C(O)CCOCCOCCOCCOCCOCCOCCOCCOCCOCCOCCOCCOCCNC(=O)C(CCCCCCCCCCCCCCC(=O)OCc1ccccc1)(CCCCCCCCCCCCCCC(=O)OCc1ccccc1)C(=O)OCc1ccccc1. The number of benzene rings is 3. The first-order valence-corrected chi connectivity index (χ1v) is 38.8. The summed E-state index contributed by atoms with van der Waals surface area (Å²) in [6, 6.07) is 29.2. The maximum atomic E-state index is 14.5. The van der Waals surface area contributed by atoms with Crippen molar-refractivity contribution in [2.24, 2.45) is 5.41 Å². The van der Waals surface area contributed by atoms with Gasteiger partial charge in [0.15, 0.2) is 0 Å². The number of unbranched alkanes of at least 4 members (excludes halogenated alkanes) is 22. The minimum absolute atomic E-state index is 0.0160. The van der Waals surface area contributed by atoms with Gasteiger partial charge in [-0.15, -0.1) is 0 Å². The van der Waals surface area contributed by atoms with E-state index in [0.29, 0.717) is 184 Å². The summed E-state index contributed by atoms with van der Waals surface area (Å²) in [5.41, 5.74) is 1.58. The first kappa shape index (κ1) is 91.7. The Bertz CT molecular complexity index is 2330. The minimum atomic E-state index is -1.31. The van der Waals surface area contributed by atoms with Gasteiger partial charge in [-0.3, -0.25) is 24.0 Å². The fraction of sp³-hybridized carbons (Fsp3) is 0.716. The Kier molecular flexibility index (Phi) is 62.0. The van der Waals surface area contributed by atoms with Gasteiger partial charge >= 0.3 is 23.9 Å². The van der Waals surface area contributed by atoms with E-state index in [1.807, 2.05) is 91.0 Å². The Morgan fingerprint density at radius 1 is 0.272 bits per heavy atom. The predicted octanol–water partition coefficient (Wildman–Crippen LogP) is 13.9. The molecule has 3 rings (SSSR count). The number of carboxylic acids is 1. The number of rotatable bonds is 77. The maximum absolute atomic E-state index is 14.5. The van der Waals surface area contributed by atoms with Gasteiger partial charge in [-0.25, -0.2) is 0 Å². The molecule has 0 radical (unpaired) electrons. The second kappa shape index (κ2) is 69.6. The molecule has 0 unspecified atom stereocenters. The van der Waals surface area contributed by atoms with Crippen molar-refractivity contribution >= 4 is 29.8 Å². The summed E-state index contributed by atoms with van der Waals surface area (Å²) in [6.07, 6.45) is 27.4. The van der Waals surface area contributed by atoms with E-state index in [1.54, 1.807) is 0 Å². The van der Waals surface area contributed by atoms with Gasteiger partial charge in [0, 0.05) is 19.4 Å². The first-order chi connectivity index (χ1) is 50.8. The smallest absolute Gasteiger partial charge is 0.321 e. The van der Waals surface area contributed by atoms with Gasteiger partial charge in [-0.2, -0.15) is 0 Å². The molecule has 3 aromatic rings. The van der Waals surface area contributed by atoms with Crippen LogP contribution in [0.15, 0.2) is 91.0 Å². The summed E-state index contributed by atoms with van der Waals surface area (Å²) in [4.78, 5) is 63.8. The van der Waals surface area contributed by atoms with Gasteiger partial charge in [0.2, 0.25) is 5.91 Å². The minimum Gasteiger partial charge on any atom is -0.481 e. The third-order valence-corrected chi connectivity index (χ3v) is 17.1. The summed E-state index contributed by atoms with van der Waals surface area (Å²) in [6.45, 7) is 11.0. The molecular weight excluding hydrogens is 1320 g/mol. The Labute approximate surface area is 616 Å². The van der Waals surface area contributed by atoms with Crippen LogP contribution in [0.2, 0.25) is 0 Å². The third kappa shape index (κ3) is 56.5. The van der Waals surface area contributed by atoms with Crippen LogP contribution in [-0.4, -0.2) is 200 Å². The fourth-order valence-electron chi connectivity index (χ4n) is 11.1. The Morgan fingerprint density at radius 2 is 0.505 bits per heavy atom. The van der Waals surface area contributed by atoms with E-state index >= 15 is 0 Å². The van der Waals surface area contributed by atoms with E-state index in [4.69, 9.17) is 76.2 Å². The Hall–Kier alpha value is -5.47. The normalized spacial score (nSPS) is 11.5. The first-order valence-electron chi connectivity index (χ1n) is 38.8. The van der Waals surface area contributed by atoms with Crippen LogP contribution in [0.3, 0.4) is 0 Å². The van der Waals surface area contributed by atoms with Crippen molar-refractivity contribution in [2.45, 2.75) is 206 Å². The van der Waals surface area contributed by atoms with E-state index in [-0.39, 0.29) is 50.6 Å². The molecule has 0 aromatic heterocycles. The topological polar surface area (TPSA) is 256 Å². The van der Waals surface area contributed by atoms with Crippen LogP contribution in [0.25, 0.3) is 0 Å². The molecule has 586 valence electrons. The Balaban J connectivity index is 1.25. The van der Waals surface area contributed by atoms with Gasteiger partial charge in [0.25, 0.3) is 0 Å². The lowest BCUT2D eigenvalue weighted by molar-refractivity contribution is -0.164. The highest BCUT2D eigenvalue weighted by molar-refractivity contribution is 6.02. The second-order valence-electron chi connectivity index (χ2n) is 25.7. The predicted molar refractivity (Wildman–Crippen MR) is 396 cm³/mol. The molecule has 0 aliphatic carbocycles. The molecule has 3 aromatic carbocycles. The van der Waals surface area contributed by atoms with Gasteiger partial charge in [0.1, 0.15) is 25.2 Å². The van der Waals surface area contributed by atoms with Crippen molar-refractivity contribution in [3.05, 3.63) is 108 Å². The van der Waals surface area contributed by atoms with Crippen molar-refractivity contribution in [1.82, 2.24) is 5.32 Å². The lowest BCUT2D eigenvalue weighted by atomic mass is 9.76. The molecule has 0 bridgehead atoms. The van der Waals surface area contributed by atoms with E-state index in [2.05, 4.69) is 5.32 Å². The molecule has 1 amide bonds. The zero-order chi connectivity index (χ0) is 73.3. The largest absolute Gasteiger partial charge is 0.481 e. The summed E-state index contributed by atoms with van der Waals surface area (Å²) in [5.74, 6) is -1.88. The van der Waals surface area contributed by atoms with Crippen molar-refractivity contribution < 1.29 is 100 Å². The van der Waals surface area contributed by atoms with Crippen LogP contribution in [0.1, 0.15) is 203 Å². The zero-order valence-electron chi connectivity index (χ0n) is 62.6. The summed E-state index contributed by atoms with van der Waals surface area (Å²) in [7, 11) is 0. The average Bonchev–Trinajstić information content (AvgIpc) is 0.808. The van der Waals surface area contributed by atoms with Crippen LogP contribution in [0.4, 0.5) is 0 Å². The van der Waals surface area contributed by atoms with Crippen LogP contribution in [0, 0.1) is 5.41 Å². The van der Waals surface area contributed by atoms with Crippen LogP contribution < -0.4 is 5.32 Å². The number of hydrogen-bond acceptors (Lipinski definition) is 20. The number of carbonyl (C=O) groups is 5. The number of hydrogen-bond donors (Lipinski definition) is 2.